The first-order valence-electron chi connectivity index (χ1n) is 7.73. The van der Waals surface area contributed by atoms with Gasteiger partial charge in [0.1, 0.15) is 5.92 Å². The van der Waals surface area contributed by atoms with Crippen molar-refractivity contribution in [1.29, 1.82) is 0 Å². The van der Waals surface area contributed by atoms with E-state index in [0.29, 0.717) is 18.0 Å². The van der Waals surface area contributed by atoms with E-state index in [1.807, 2.05) is 40.4 Å². The maximum absolute atomic E-state index is 11.9. The fraction of sp³-hybridized carbons (Fsp3) is 0.533. The minimum atomic E-state index is -0.0710. The molecule has 3 heterocycles. The van der Waals surface area contributed by atoms with Crippen molar-refractivity contribution in [3.05, 3.63) is 29.2 Å². The zero-order valence-electron chi connectivity index (χ0n) is 12.7. The molecule has 0 aromatic carbocycles. The first-order valence-corrected chi connectivity index (χ1v) is 8.14. The van der Waals surface area contributed by atoms with Crippen molar-refractivity contribution in [1.82, 2.24) is 14.2 Å². The molecule has 1 aliphatic rings. The molecule has 2 atom stereocenters. The summed E-state index contributed by atoms with van der Waals surface area (Å²) < 4.78 is 9.61. The van der Waals surface area contributed by atoms with E-state index in [1.54, 1.807) is 0 Å². The summed E-state index contributed by atoms with van der Waals surface area (Å²) in [5, 5.41) is 4.55. The third-order valence-electron chi connectivity index (χ3n) is 4.10. The lowest BCUT2D eigenvalue weighted by molar-refractivity contribution is -0.930. The topological polar surface area (TPSA) is 53.0 Å². The van der Waals surface area contributed by atoms with Crippen LogP contribution in [0.1, 0.15) is 19.8 Å². The number of rotatable bonds is 4. The minimum Gasteiger partial charge on any atom is -0.466 e. The molecule has 0 spiro atoms. The van der Waals surface area contributed by atoms with Gasteiger partial charge in [-0.15, -0.1) is 5.10 Å². The van der Waals surface area contributed by atoms with Gasteiger partial charge in [0.25, 0.3) is 0 Å². The number of pyridine rings is 1. The van der Waals surface area contributed by atoms with E-state index >= 15 is 0 Å². The Morgan fingerprint density at radius 1 is 1.55 bits per heavy atom. The van der Waals surface area contributed by atoms with Gasteiger partial charge in [0.05, 0.1) is 19.7 Å². The molecule has 0 amide bonds. The summed E-state index contributed by atoms with van der Waals surface area (Å²) >= 11 is 5.48. The highest BCUT2D eigenvalue weighted by atomic mass is 32.1. The lowest BCUT2D eigenvalue weighted by Crippen LogP contribution is -3.13. The summed E-state index contributed by atoms with van der Waals surface area (Å²) in [7, 11) is 0. The van der Waals surface area contributed by atoms with Crippen LogP contribution in [0.15, 0.2) is 24.4 Å². The van der Waals surface area contributed by atoms with Crippen LogP contribution >= 0.6 is 12.2 Å². The number of aromatic nitrogens is 3. The molecule has 3 rings (SSSR count). The molecule has 2 aromatic rings. The van der Waals surface area contributed by atoms with Gasteiger partial charge >= 0.3 is 5.97 Å². The molecule has 0 saturated carbocycles. The van der Waals surface area contributed by atoms with Gasteiger partial charge in [0.15, 0.2) is 12.3 Å². The summed E-state index contributed by atoms with van der Waals surface area (Å²) in [6.07, 6.45) is 3.87. The van der Waals surface area contributed by atoms with Gasteiger partial charge in [-0.1, -0.05) is 6.07 Å². The molecule has 0 aliphatic carbocycles. The molecular formula is C15H21N4O2S+. The Hall–Kier alpha value is -1.73. The Kier molecular flexibility index (Phi) is 4.54. The lowest BCUT2D eigenvalue weighted by Gasteiger charge is -2.28. The highest BCUT2D eigenvalue weighted by Crippen LogP contribution is 2.10. The quantitative estimate of drug-likeness (QED) is 0.665. The van der Waals surface area contributed by atoms with Crippen molar-refractivity contribution >= 4 is 23.8 Å². The van der Waals surface area contributed by atoms with Crippen LogP contribution in [0.4, 0.5) is 0 Å². The minimum absolute atomic E-state index is 0.00472. The van der Waals surface area contributed by atoms with Crippen LogP contribution in [0.2, 0.25) is 0 Å². The monoisotopic (exact) mass is 321 g/mol. The molecule has 0 radical (unpaired) electrons. The number of fused-ring (bicyclic) bond motifs is 1. The number of carbonyl (C=O) groups excluding carboxylic acids is 1. The summed E-state index contributed by atoms with van der Waals surface area (Å²) in [6.45, 7) is 4.81. The molecule has 1 aliphatic heterocycles. The van der Waals surface area contributed by atoms with E-state index in [2.05, 4.69) is 5.10 Å². The van der Waals surface area contributed by atoms with Gasteiger partial charge in [-0.2, -0.15) is 4.68 Å². The van der Waals surface area contributed by atoms with Gasteiger partial charge in [-0.3, -0.25) is 9.20 Å². The van der Waals surface area contributed by atoms with Gasteiger partial charge in [0.2, 0.25) is 4.77 Å². The Bertz CT molecular complexity index is 724. The van der Waals surface area contributed by atoms with Crippen LogP contribution in [-0.2, 0) is 16.2 Å². The second-order valence-electron chi connectivity index (χ2n) is 5.66. The van der Waals surface area contributed by atoms with E-state index in [0.717, 1.165) is 31.6 Å². The number of likely N-dealkylation sites (tertiary alicyclic amines) is 1. The Morgan fingerprint density at radius 3 is 3.18 bits per heavy atom. The van der Waals surface area contributed by atoms with Gasteiger partial charge < -0.3 is 9.64 Å². The average molecular weight is 321 g/mol. The smallest absolute Gasteiger partial charge is 0.314 e. The van der Waals surface area contributed by atoms with Crippen molar-refractivity contribution in [2.45, 2.75) is 26.4 Å². The van der Waals surface area contributed by atoms with E-state index in [-0.39, 0.29) is 11.9 Å². The number of ether oxygens (including phenoxy) is 1. The van der Waals surface area contributed by atoms with Crippen molar-refractivity contribution < 1.29 is 14.4 Å². The Morgan fingerprint density at radius 2 is 2.41 bits per heavy atom. The first-order chi connectivity index (χ1) is 10.7. The maximum atomic E-state index is 11.9. The molecule has 6 nitrogen and oxygen atoms in total. The first kappa shape index (κ1) is 15.2. The van der Waals surface area contributed by atoms with E-state index in [4.69, 9.17) is 17.0 Å². The Balaban J connectivity index is 1.73. The van der Waals surface area contributed by atoms with Crippen LogP contribution < -0.4 is 4.90 Å². The number of esters is 1. The number of quaternary nitrogens is 1. The number of hydrogen-bond donors (Lipinski definition) is 1. The predicted octanol–water partition coefficient (Wildman–Crippen LogP) is 0.681. The van der Waals surface area contributed by atoms with E-state index in [9.17, 15) is 4.79 Å². The molecule has 1 fully saturated rings. The maximum Gasteiger partial charge on any atom is 0.314 e. The van der Waals surface area contributed by atoms with Gasteiger partial charge in [0, 0.05) is 6.20 Å². The van der Waals surface area contributed by atoms with Crippen molar-refractivity contribution in [3.63, 3.8) is 0 Å². The SMILES string of the molecule is CCOC(=O)[C@@H]1CCC[NH+](Cn2nc3ccccn3c2=S)C1. The second kappa shape index (κ2) is 6.58. The lowest BCUT2D eigenvalue weighted by atomic mass is 9.99. The molecule has 1 saturated heterocycles. The summed E-state index contributed by atoms with van der Waals surface area (Å²) in [6, 6.07) is 5.84. The summed E-state index contributed by atoms with van der Waals surface area (Å²) in [4.78, 5) is 13.2. The van der Waals surface area contributed by atoms with Crippen molar-refractivity contribution in [2.24, 2.45) is 5.92 Å². The standard InChI is InChI=1S/C15H20N4O2S/c1-2-21-14(20)12-6-5-8-17(10-12)11-19-15(22)18-9-4-3-7-13(18)16-19/h3-4,7,9,12H,2,5-6,8,10-11H2,1H3/p+1/t12-/m1/s1. The normalized spacial score (nSPS) is 21.9. The number of hydrogen-bond acceptors (Lipinski definition) is 4. The van der Waals surface area contributed by atoms with E-state index < -0.39 is 0 Å². The molecule has 118 valence electrons. The number of nitrogens with zero attached hydrogens (tertiary/aromatic N) is 3. The summed E-state index contributed by atoms with van der Waals surface area (Å²) in [5.74, 6) is -0.0757. The van der Waals surface area contributed by atoms with Gasteiger partial charge in [-0.25, -0.2) is 0 Å². The predicted molar refractivity (Wildman–Crippen MR) is 84.1 cm³/mol. The molecule has 0 bridgehead atoms. The highest BCUT2D eigenvalue weighted by molar-refractivity contribution is 7.71. The molecule has 22 heavy (non-hydrogen) atoms. The van der Waals surface area contributed by atoms with Crippen LogP contribution in [0.3, 0.4) is 0 Å². The van der Waals surface area contributed by atoms with Crippen molar-refractivity contribution in [3.8, 4) is 0 Å². The van der Waals surface area contributed by atoms with Crippen LogP contribution in [0.25, 0.3) is 5.65 Å². The van der Waals surface area contributed by atoms with E-state index in [1.165, 1.54) is 4.90 Å². The zero-order chi connectivity index (χ0) is 15.5. The van der Waals surface area contributed by atoms with Crippen LogP contribution in [0, 0.1) is 10.7 Å². The molecule has 1 N–H and O–H groups in total. The third kappa shape index (κ3) is 3.05. The summed E-state index contributed by atoms with van der Waals surface area (Å²) in [5.41, 5.74) is 0.853. The van der Waals surface area contributed by atoms with Crippen molar-refractivity contribution in [2.75, 3.05) is 19.7 Å². The Labute approximate surface area is 134 Å². The highest BCUT2D eigenvalue weighted by Gasteiger charge is 2.30. The molecular weight excluding hydrogens is 300 g/mol. The largest absolute Gasteiger partial charge is 0.466 e. The van der Waals surface area contributed by atoms with Crippen LogP contribution in [0.5, 0.6) is 0 Å². The average Bonchev–Trinajstić information content (AvgIpc) is 2.84. The fourth-order valence-electron chi connectivity index (χ4n) is 3.04. The molecule has 1 unspecified atom stereocenters. The zero-order valence-corrected chi connectivity index (χ0v) is 13.5. The third-order valence-corrected chi connectivity index (χ3v) is 4.51. The number of piperidine rings is 1. The number of nitrogens with one attached hydrogen (secondary N) is 1. The van der Waals surface area contributed by atoms with Crippen LogP contribution in [-0.4, -0.2) is 39.8 Å². The molecule has 2 aromatic heterocycles. The van der Waals surface area contributed by atoms with Gasteiger partial charge in [-0.05, 0) is 44.1 Å². The second-order valence-corrected chi connectivity index (χ2v) is 6.03. The number of carbonyl (C=O) groups is 1. The fourth-order valence-corrected chi connectivity index (χ4v) is 3.30. The molecule has 7 heteroatoms.